The predicted molar refractivity (Wildman–Crippen MR) is 82.3 cm³/mol. The lowest BCUT2D eigenvalue weighted by atomic mass is 10.1. The number of nitrogens with one attached hydrogen (secondary N) is 1. The van der Waals surface area contributed by atoms with Gasteiger partial charge in [0, 0.05) is 22.1 Å². The second kappa shape index (κ2) is 7.00. The van der Waals surface area contributed by atoms with E-state index < -0.39 is 11.6 Å². The van der Waals surface area contributed by atoms with E-state index in [-0.39, 0.29) is 12.2 Å². The minimum absolute atomic E-state index is 0.0111. The van der Waals surface area contributed by atoms with Crippen molar-refractivity contribution in [1.82, 2.24) is 5.32 Å². The third-order valence-corrected chi connectivity index (χ3v) is 3.54. The van der Waals surface area contributed by atoms with E-state index in [4.69, 9.17) is 4.74 Å². The summed E-state index contributed by atoms with van der Waals surface area (Å²) >= 11 is 3.44. The molecule has 0 heterocycles. The van der Waals surface area contributed by atoms with Crippen molar-refractivity contribution in [2.24, 2.45) is 0 Å². The lowest BCUT2D eigenvalue weighted by Gasteiger charge is -2.15. The van der Waals surface area contributed by atoms with Gasteiger partial charge in [0.1, 0.15) is 12.4 Å². The molecule has 0 spiro atoms. The van der Waals surface area contributed by atoms with Crippen LogP contribution in [0.1, 0.15) is 16.7 Å². The molecule has 21 heavy (non-hydrogen) atoms. The minimum Gasteiger partial charge on any atom is -0.488 e. The first kappa shape index (κ1) is 15.9. The smallest absolute Gasteiger partial charge is 0.165 e. The highest BCUT2D eigenvalue weighted by molar-refractivity contribution is 9.10. The Kier molecular flexibility index (Phi) is 5.31. The fraction of sp³-hybridized carbons (Fsp3) is 0.250. The second-order valence-corrected chi connectivity index (χ2v) is 5.66. The quantitative estimate of drug-likeness (QED) is 0.861. The molecule has 1 N–H and O–H groups in total. The van der Waals surface area contributed by atoms with E-state index in [0.29, 0.717) is 12.3 Å². The highest BCUT2D eigenvalue weighted by atomic mass is 79.9. The molecule has 0 aliphatic heterocycles. The summed E-state index contributed by atoms with van der Waals surface area (Å²) in [6.45, 7) is 2.53. The monoisotopic (exact) mass is 355 g/mol. The van der Waals surface area contributed by atoms with Crippen LogP contribution in [0, 0.1) is 18.6 Å². The predicted octanol–water partition coefficient (Wildman–Crippen LogP) is 4.33. The fourth-order valence-corrected chi connectivity index (χ4v) is 2.76. The van der Waals surface area contributed by atoms with Gasteiger partial charge in [-0.15, -0.1) is 0 Å². The normalized spacial score (nSPS) is 10.7. The summed E-state index contributed by atoms with van der Waals surface area (Å²) < 4.78 is 33.5. The SMILES string of the molecule is CNCc1cc(Br)cc(C)c1OCc1cccc(F)c1F. The van der Waals surface area contributed by atoms with E-state index >= 15 is 0 Å². The fourth-order valence-electron chi connectivity index (χ4n) is 2.14. The average Bonchev–Trinajstić information content (AvgIpc) is 2.42. The number of rotatable bonds is 5. The lowest BCUT2D eigenvalue weighted by molar-refractivity contribution is 0.291. The Morgan fingerprint density at radius 1 is 1.19 bits per heavy atom. The largest absolute Gasteiger partial charge is 0.488 e. The van der Waals surface area contributed by atoms with Crippen molar-refractivity contribution in [2.75, 3.05) is 7.05 Å². The van der Waals surface area contributed by atoms with Crippen LogP contribution >= 0.6 is 15.9 Å². The number of hydrogen-bond donors (Lipinski definition) is 1. The first-order valence-electron chi connectivity index (χ1n) is 6.52. The van der Waals surface area contributed by atoms with Crippen molar-refractivity contribution in [3.63, 3.8) is 0 Å². The molecule has 0 radical (unpaired) electrons. The molecule has 2 nitrogen and oxygen atoms in total. The summed E-state index contributed by atoms with van der Waals surface area (Å²) in [4.78, 5) is 0. The van der Waals surface area contributed by atoms with E-state index in [0.717, 1.165) is 21.7 Å². The number of aryl methyl sites for hydroxylation is 1. The Morgan fingerprint density at radius 3 is 2.67 bits per heavy atom. The molecule has 0 amide bonds. The molecule has 0 aromatic heterocycles. The van der Waals surface area contributed by atoms with E-state index in [2.05, 4.69) is 21.2 Å². The zero-order chi connectivity index (χ0) is 15.4. The topological polar surface area (TPSA) is 21.3 Å². The number of hydrogen-bond acceptors (Lipinski definition) is 2. The molecular weight excluding hydrogens is 340 g/mol. The zero-order valence-electron chi connectivity index (χ0n) is 11.8. The van der Waals surface area contributed by atoms with Crippen LogP contribution in [0.4, 0.5) is 8.78 Å². The number of benzene rings is 2. The van der Waals surface area contributed by atoms with Crippen molar-refractivity contribution in [3.05, 3.63) is 63.1 Å². The standard InChI is InChI=1S/C16H16BrF2NO/c1-10-6-13(17)7-12(8-20-2)16(10)21-9-11-4-3-5-14(18)15(11)19/h3-7,20H,8-9H2,1-2H3. The lowest BCUT2D eigenvalue weighted by Crippen LogP contribution is -2.09. The van der Waals surface area contributed by atoms with Crippen molar-refractivity contribution in [1.29, 1.82) is 0 Å². The molecule has 0 aliphatic carbocycles. The summed E-state index contributed by atoms with van der Waals surface area (Å²) in [5.74, 6) is -1.03. The van der Waals surface area contributed by atoms with Crippen LogP contribution in [0.15, 0.2) is 34.8 Å². The highest BCUT2D eigenvalue weighted by Gasteiger charge is 2.12. The highest BCUT2D eigenvalue weighted by Crippen LogP contribution is 2.29. The van der Waals surface area contributed by atoms with Gasteiger partial charge < -0.3 is 10.1 Å². The Balaban J connectivity index is 2.25. The van der Waals surface area contributed by atoms with Crippen molar-refractivity contribution in [2.45, 2.75) is 20.1 Å². The van der Waals surface area contributed by atoms with Gasteiger partial charge in [-0.1, -0.05) is 28.1 Å². The Labute approximate surface area is 131 Å². The van der Waals surface area contributed by atoms with E-state index in [9.17, 15) is 8.78 Å². The van der Waals surface area contributed by atoms with Gasteiger partial charge in [-0.25, -0.2) is 8.78 Å². The Hall–Kier alpha value is -1.46. The maximum absolute atomic E-state index is 13.6. The third-order valence-electron chi connectivity index (χ3n) is 3.09. The summed E-state index contributed by atoms with van der Waals surface area (Å²) in [6.07, 6.45) is 0. The molecule has 0 atom stereocenters. The van der Waals surface area contributed by atoms with Crippen molar-refractivity contribution >= 4 is 15.9 Å². The van der Waals surface area contributed by atoms with E-state index in [1.807, 2.05) is 26.1 Å². The first-order valence-corrected chi connectivity index (χ1v) is 7.31. The molecule has 0 unspecified atom stereocenters. The van der Waals surface area contributed by atoms with Gasteiger partial charge >= 0.3 is 0 Å². The summed E-state index contributed by atoms with van der Waals surface area (Å²) in [5, 5.41) is 3.06. The molecule has 2 aromatic carbocycles. The first-order chi connectivity index (χ1) is 10.0. The van der Waals surface area contributed by atoms with Gasteiger partial charge in [0.15, 0.2) is 11.6 Å². The molecule has 2 aromatic rings. The summed E-state index contributed by atoms with van der Waals surface area (Å²) in [6, 6.07) is 7.96. The minimum atomic E-state index is -0.862. The van der Waals surface area contributed by atoms with Gasteiger partial charge in [0.2, 0.25) is 0 Å². The van der Waals surface area contributed by atoms with Gasteiger partial charge in [0.05, 0.1) is 0 Å². The molecule has 0 fully saturated rings. The van der Waals surface area contributed by atoms with E-state index in [1.165, 1.54) is 12.1 Å². The number of halogens is 3. The van der Waals surface area contributed by atoms with Crippen LogP contribution in [0.2, 0.25) is 0 Å². The second-order valence-electron chi connectivity index (χ2n) is 4.74. The number of ether oxygens (including phenoxy) is 1. The van der Waals surface area contributed by atoms with Gasteiger partial charge in [-0.2, -0.15) is 0 Å². The zero-order valence-corrected chi connectivity index (χ0v) is 13.4. The molecule has 112 valence electrons. The van der Waals surface area contributed by atoms with Crippen LogP contribution in [0.3, 0.4) is 0 Å². The molecule has 2 rings (SSSR count). The maximum atomic E-state index is 13.6. The van der Waals surface area contributed by atoms with Gasteiger partial charge in [0.25, 0.3) is 0 Å². The Morgan fingerprint density at radius 2 is 1.95 bits per heavy atom. The molecule has 0 aliphatic rings. The van der Waals surface area contributed by atoms with Crippen LogP contribution in [0.5, 0.6) is 5.75 Å². The molecule has 0 saturated carbocycles. The van der Waals surface area contributed by atoms with Crippen molar-refractivity contribution < 1.29 is 13.5 Å². The van der Waals surface area contributed by atoms with Gasteiger partial charge in [-0.3, -0.25) is 0 Å². The maximum Gasteiger partial charge on any atom is 0.165 e. The third kappa shape index (κ3) is 3.80. The molecular formula is C16H16BrF2NO. The van der Waals surface area contributed by atoms with Crippen LogP contribution in [-0.2, 0) is 13.2 Å². The molecule has 0 saturated heterocycles. The van der Waals surface area contributed by atoms with E-state index in [1.54, 1.807) is 0 Å². The summed E-state index contributed by atoms with van der Waals surface area (Å²) in [7, 11) is 1.84. The van der Waals surface area contributed by atoms with Crippen LogP contribution in [-0.4, -0.2) is 7.05 Å². The van der Waals surface area contributed by atoms with Crippen LogP contribution < -0.4 is 10.1 Å². The average molecular weight is 356 g/mol. The van der Waals surface area contributed by atoms with Gasteiger partial charge in [-0.05, 0) is 37.7 Å². The molecule has 0 bridgehead atoms. The van der Waals surface area contributed by atoms with Crippen molar-refractivity contribution in [3.8, 4) is 5.75 Å². The Bertz CT molecular complexity index is 646. The summed E-state index contributed by atoms with van der Waals surface area (Å²) in [5.41, 5.74) is 2.10. The van der Waals surface area contributed by atoms with Crippen LogP contribution in [0.25, 0.3) is 0 Å². The molecule has 5 heteroatoms.